The Balaban J connectivity index is 0. The highest BCUT2D eigenvalue weighted by Crippen LogP contribution is 2.47. The van der Waals surface area contributed by atoms with Gasteiger partial charge >= 0.3 is 0 Å². The van der Waals surface area contributed by atoms with E-state index in [2.05, 4.69) is 96.9 Å². The lowest BCUT2D eigenvalue weighted by Crippen LogP contribution is -2.41. The monoisotopic (exact) mass is 791 g/mol. The molecule has 0 aromatic heterocycles. The van der Waals surface area contributed by atoms with Gasteiger partial charge in [0.2, 0.25) is 5.92 Å². The van der Waals surface area contributed by atoms with Gasteiger partial charge in [-0.1, -0.05) is 163 Å². The molecule has 0 saturated heterocycles. The minimum atomic E-state index is -2.37. The van der Waals surface area contributed by atoms with Gasteiger partial charge in [-0.2, -0.15) is 0 Å². The molecular weight excluding hydrogens is 689 g/mol. The fourth-order valence-corrected chi connectivity index (χ4v) is 9.86. The van der Waals surface area contributed by atoms with Crippen LogP contribution in [0.2, 0.25) is 0 Å². The highest BCUT2D eigenvalue weighted by Gasteiger charge is 2.43. The predicted molar refractivity (Wildman–Crippen MR) is 240 cm³/mol. The third-order valence-corrected chi connectivity index (χ3v) is 13.7. The lowest BCUT2D eigenvalue weighted by atomic mass is 9.65. The molecule has 55 heavy (non-hydrogen) atoms. The molecule has 5 aliphatic rings. The van der Waals surface area contributed by atoms with Crippen molar-refractivity contribution in [3.05, 3.63) is 0 Å². The van der Waals surface area contributed by atoms with E-state index in [-0.39, 0.29) is 37.0 Å². The van der Waals surface area contributed by atoms with Gasteiger partial charge in [0.25, 0.3) is 0 Å². The molecule has 5 saturated carbocycles. The minimum Gasteiger partial charge on any atom is -0.247 e. The number of halogens is 4. The maximum absolute atomic E-state index is 14.0. The normalized spacial score (nSPS) is 30.4. The fraction of sp³-hybridized carbons (Fsp3) is 1.00. The Labute approximate surface area is 345 Å². The predicted octanol–water partition coefficient (Wildman–Crippen LogP) is 19.1. The van der Waals surface area contributed by atoms with Gasteiger partial charge in [0.15, 0.2) is 0 Å². The van der Waals surface area contributed by atoms with E-state index in [1.54, 1.807) is 6.92 Å². The summed E-state index contributed by atoms with van der Waals surface area (Å²) in [6.07, 6.45) is 21.1. The van der Waals surface area contributed by atoms with E-state index < -0.39 is 17.8 Å². The van der Waals surface area contributed by atoms with Crippen molar-refractivity contribution in [2.45, 2.75) is 271 Å². The summed E-state index contributed by atoms with van der Waals surface area (Å²) in [5.41, 5.74) is 0.534. The van der Waals surface area contributed by atoms with Crippen LogP contribution in [0.15, 0.2) is 0 Å². The molecule has 0 bridgehead atoms. The first-order valence-electron chi connectivity index (χ1n) is 23.3. The molecule has 334 valence electrons. The van der Waals surface area contributed by atoms with Gasteiger partial charge in [0, 0.05) is 12.8 Å². The summed E-state index contributed by atoms with van der Waals surface area (Å²) < 4.78 is 51.7. The first kappa shape index (κ1) is 56.8. The van der Waals surface area contributed by atoms with Crippen molar-refractivity contribution in [2.75, 3.05) is 0 Å². The molecule has 0 nitrogen and oxygen atoms in total. The smallest absolute Gasteiger partial charge is 0.247 e. The molecule has 0 radical (unpaired) electrons. The summed E-state index contributed by atoms with van der Waals surface area (Å²) in [5, 5.41) is 0. The molecule has 0 aliphatic heterocycles. The van der Waals surface area contributed by atoms with Gasteiger partial charge in [-0.05, 0) is 135 Å². The highest BCUT2D eigenvalue weighted by molar-refractivity contribution is 4.92. The van der Waals surface area contributed by atoms with E-state index >= 15 is 0 Å². The lowest BCUT2D eigenvalue weighted by Gasteiger charge is -2.43. The molecule has 0 heterocycles. The first-order chi connectivity index (χ1) is 24.5. The van der Waals surface area contributed by atoms with E-state index in [0.717, 1.165) is 56.3 Å². The van der Waals surface area contributed by atoms with Crippen molar-refractivity contribution in [1.82, 2.24) is 0 Å². The number of alkyl halides is 4. The summed E-state index contributed by atoms with van der Waals surface area (Å²) in [6, 6.07) is 0. The van der Waals surface area contributed by atoms with E-state index in [9.17, 15) is 17.6 Å². The quantitative estimate of drug-likeness (QED) is 0.214. The maximum Gasteiger partial charge on any atom is 0.248 e. The number of hydrogen-bond donors (Lipinski definition) is 0. The van der Waals surface area contributed by atoms with Gasteiger partial charge in [-0.15, -0.1) is 0 Å². The highest BCUT2D eigenvalue weighted by atomic mass is 19.3. The van der Waals surface area contributed by atoms with Crippen molar-refractivity contribution >= 4 is 0 Å². The van der Waals surface area contributed by atoms with Crippen LogP contribution in [0.3, 0.4) is 0 Å². The summed E-state index contributed by atoms with van der Waals surface area (Å²) >= 11 is 0. The topological polar surface area (TPSA) is 0 Å². The molecule has 3 unspecified atom stereocenters. The SMILES string of the molecule is C.CC.CC(C)(C)C1CCC(F)(F)CC1.CC(C)(C)C1CCCCC1.CC(C)(C)C1CCCCC1(C)F.C[C@@H]1CCCC(C(C)(C)C)C1.C[C@@H]1CC[C@H](F)C1. The second kappa shape index (κ2) is 25.4. The Kier molecular flexibility index (Phi) is 26.2. The Morgan fingerprint density at radius 3 is 1.15 bits per heavy atom. The molecule has 0 spiro atoms. The average Bonchev–Trinajstić information content (AvgIpc) is 3.43. The second-order valence-electron chi connectivity index (χ2n) is 23.0. The lowest BCUT2D eigenvalue weighted by molar-refractivity contribution is -0.0583. The van der Waals surface area contributed by atoms with Crippen LogP contribution in [-0.2, 0) is 0 Å². The zero-order chi connectivity index (χ0) is 42.2. The van der Waals surface area contributed by atoms with Crippen LogP contribution in [-0.4, -0.2) is 17.8 Å². The summed E-state index contributed by atoms with van der Waals surface area (Å²) in [5.74, 6) is 1.97. The third-order valence-electron chi connectivity index (χ3n) is 13.7. The summed E-state index contributed by atoms with van der Waals surface area (Å²) in [7, 11) is 0. The van der Waals surface area contributed by atoms with Crippen molar-refractivity contribution < 1.29 is 17.6 Å². The molecule has 6 atom stereocenters. The molecule has 0 aromatic carbocycles. The molecule has 5 rings (SSSR count). The van der Waals surface area contributed by atoms with Crippen molar-refractivity contribution in [1.29, 1.82) is 0 Å². The molecule has 0 N–H and O–H groups in total. The average molecular weight is 791 g/mol. The Hall–Kier alpha value is -0.280. The largest absolute Gasteiger partial charge is 0.248 e. The molecule has 0 aromatic rings. The summed E-state index contributed by atoms with van der Waals surface area (Å²) in [4.78, 5) is 0. The minimum absolute atomic E-state index is 0. The van der Waals surface area contributed by atoms with Crippen LogP contribution < -0.4 is 0 Å². The second-order valence-corrected chi connectivity index (χ2v) is 23.0. The van der Waals surface area contributed by atoms with Gasteiger partial charge < -0.3 is 0 Å². The number of hydrogen-bond acceptors (Lipinski definition) is 0. The standard InChI is InChI=1S/C11H21F.C11H22.C10H18F2.C10H20.C6H11F.C2H6.CH4/c1-10(2,3)9-7-5-6-8-11(9,4)12;1-9-6-5-7-10(8-9)11(2,3)4;1-9(2,3)8-4-6-10(11,12)7-5-8;1-10(2,3)9-7-5-4-6-8-9;1-5-2-3-6(7)4-5;1-2;/h9H,5-8H2,1-4H3;9-10H,5-8H2,1-4H3;8H,4-7H2,1-3H3;9H,4-8H2,1-3H3;5-6H,2-4H2,1H3;1-2H3;1H4/t;9-,10?;;;5-,6+;;/m.1..1../s1. The van der Waals surface area contributed by atoms with E-state index in [1.807, 2.05) is 13.8 Å². The van der Waals surface area contributed by atoms with E-state index in [4.69, 9.17) is 0 Å². The van der Waals surface area contributed by atoms with Crippen LogP contribution in [0, 0.1) is 57.2 Å². The van der Waals surface area contributed by atoms with Crippen LogP contribution in [0.25, 0.3) is 0 Å². The molecule has 5 aliphatic carbocycles. The van der Waals surface area contributed by atoms with Crippen LogP contribution in [0.5, 0.6) is 0 Å². The van der Waals surface area contributed by atoms with Crippen molar-refractivity contribution in [3.8, 4) is 0 Å². The Bertz CT molecular complexity index is 916. The van der Waals surface area contributed by atoms with Crippen LogP contribution in [0.4, 0.5) is 17.6 Å². The van der Waals surface area contributed by atoms with Gasteiger partial charge in [-0.25, -0.2) is 17.6 Å². The Morgan fingerprint density at radius 2 is 0.855 bits per heavy atom. The van der Waals surface area contributed by atoms with E-state index in [0.29, 0.717) is 35.5 Å². The Morgan fingerprint density at radius 1 is 0.436 bits per heavy atom. The third kappa shape index (κ3) is 24.4. The molecule has 0 amide bonds. The fourth-order valence-electron chi connectivity index (χ4n) is 9.86. The maximum atomic E-state index is 14.0. The zero-order valence-electron chi connectivity index (χ0n) is 39.7. The molecule has 4 heteroatoms. The van der Waals surface area contributed by atoms with Crippen molar-refractivity contribution in [3.63, 3.8) is 0 Å². The van der Waals surface area contributed by atoms with Crippen molar-refractivity contribution in [2.24, 2.45) is 57.2 Å². The van der Waals surface area contributed by atoms with Crippen LogP contribution in [0.1, 0.15) is 254 Å². The molecule has 5 fully saturated rings. The van der Waals surface area contributed by atoms with E-state index in [1.165, 1.54) is 64.2 Å². The van der Waals surface area contributed by atoms with Gasteiger partial charge in [0.05, 0.1) is 0 Å². The van der Waals surface area contributed by atoms with Gasteiger partial charge in [-0.3, -0.25) is 0 Å². The summed E-state index contributed by atoms with van der Waals surface area (Å²) in [6.45, 7) is 37.5. The zero-order valence-corrected chi connectivity index (χ0v) is 39.7. The van der Waals surface area contributed by atoms with Crippen LogP contribution >= 0.6 is 0 Å². The first-order valence-corrected chi connectivity index (χ1v) is 23.3. The van der Waals surface area contributed by atoms with Gasteiger partial charge in [0.1, 0.15) is 11.8 Å². The molecular formula is C51H102F4. The number of rotatable bonds is 0.